The summed E-state index contributed by atoms with van der Waals surface area (Å²) < 4.78 is 11.0. The molecule has 0 aromatic rings. The Morgan fingerprint density at radius 3 is 3.00 bits per heavy atom. The van der Waals surface area contributed by atoms with E-state index in [1.807, 2.05) is 0 Å². The lowest BCUT2D eigenvalue weighted by molar-refractivity contribution is -0.132. The van der Waals surface area contributed by atoms with Crippen molar-refractivity contribution < 1.29 is 19.4 Å². The molecule has 0 aliphatic carbocycles. The van der Waals surface area contributed by atoms with Gasteiger partial charge in [0.15, 0.2) is 0 Å². The molecule has 2 aliphatic rings. The van der Waals surface area contributed by atoms with E-state index in [0.29, 0.717) is 19.5 Å². The van der Waals surface area contributed by atoms with E-state index in [2.05, 4.69) is 0 Å². The number of ether oxygens (including phenoxy) is 2. The number of rotatable bonds is 2. The van der Waals surface area contributed by atoms with Crippen LogP contribution in [0.4, 0.5) is 0 Å². The molecule has 14 heavy (non-hydrogen) atoms. The molecule has 2 rings (SSSR count). The van der Waals surface area contributed by atoms with Crippen LogP contribution in [0.2, 0.25) is 0 Å². The van der Waals surface area contributed by atoms with Crippen LogP contribution >= 0.6 is 0 Å². The molecule has 1 spiro atoms. The smallest absolute Gasteiger partial charge is 0.148 e. The molecule has 2 heterocycles. The minimum atomic E-state index is -0.837. The van der Waals surface area contributed by atoms with Crippen LogP contribution in [0, 0.1) is 5.92 Å². The number of hydrogen-bond acceptors (Lipinski definition) is 4. The first kappa shape index (κ1) is 10.1. The molecule has 0 radical (unpaired) electrons. The lowest BCUT2D eigenvalue weighted by Crippen LogP contribution is -2.43. The highest BCUT2D eigenvalue weighted by atomic mass is 16.6. The first-order valence-electron chi connectivity index (χ1n) is 5.11. The van der Waals surface area contributed by atoms with E-state index in [9.17, 15) is 9.90 Å². The molecule has 4 heteroatoms. The second-order valence-corrected chi connectivity index (χ2v) is 4.21. The highest BCUT2D eigenvalue weighted by Crippen LogP contribution is 2.36. The van der Waals surface area contributed by atoms with E-state index in [-0.39, 0.29) is 11.5 Å². The fourth-order valence-corrected chi connectivity index (χ4v) is 2.33. The maximum Gasteiger partial charge on any atom is 0.148 e. The maximum absolute atomic E-state index is 10.5. The van der Waals surface area contributed by atoms with Crippen molar-refractivity contribution in [2.45, 2.75) is 31.0 Å². The molecule has 4 nitrogen and oxygen atoms in total. The van der Waals surface area contributed by atoms with Crippen LogP contribution in [0.25, 0.3) is 0 Å². The maximum atomic E-state index is 10.5. The van der Waals surface area contributed by atoms with Crippen molar-refractivity contribution in [1.29, 1.82) is 0 Å². The van der Waals surface area contributed by atoms with Gasteiger partial charge in [-0.25, -0.2) is 0 Å². The van der Waals surface area contributed by atoms with Gasteiger partial charge in [-0.1, -0.05) is 0 Å². The molecule has 80 valence electrons. The van der Waals surface area contributed by atoms with Crippen molar-refractivity contribution in [3.05, 3.63) is 0 Å². The summed E-state index contributed by atoms with van der Waals surface area (Å²) in [7, 11) is 0. The summed E-state index contributed by atoms with van der Waals surface area (Å²) in [6.07, 6.45) is 2.18. The highest BCUT2D eigenvalue weighted by molar-refractivity contribution is 5.56. The predicted octanol–water partition coefficient (Wildman–Crippen LogP) is 0.132. The molecular formula is C10H16O4. The summed E-state index contributed by atoms with van der Waals surface area (Å²) in [6.45, 7) is 1.96. The number of aliphatic hydroxyl groups is 1. The molecule has 2 aliphatic heterocycles. The predicted molar refractivity (Wildman–Crippen MR) is 48.9 cm³/mol. The molecule has 2 fully saturated rings. The Labute approximate surface area is 83.2 Å². The number of aliphatic hydroxyl groups excluding tert-OH is 1. The Kier molecular flexibility index (Phi) is 2.85. The Bertz CT molecular complexity index is 210. The normalized spacial score (nSPS) is 39.9. The summed E-state index contributed by atoms with van der Waals surface area (Å²) in [5.74, 6) is 0.0444. The van der Waals surface area contributed by atoms with E-state index in [1.54, 1.807) is 0 Å². The topological polar surface area (TPSA) is 55.8 Å². The third-order valence-electron chi connectivity index (χ3n) is 3.22. The van der Waals surface area contributed by atoms with Gasteiger partial charge < -0.3 is 19.4 Å². The van der Waals surface area contributed by atoms with Crippen molar-refractivity contribution in [2.75, 3.05) is 19.8 Å². The fourth-order valence-electron chi connectivity index (χ4n) is 2.33. The molecule has 1 N–H and O–H groups in total. The van der Waals surface area contributed by atoms with Gasteiger partial charge in [0.1, 0.15) is 12.4 Å². The van der Waals surface area contributed by atoms with Crippen molar-refractivity contribution in [2.24, 2.45) is 5.92 Å². The lowest BCUT2D eigenvalue weighted by atomic mass is 9.82. The molecule has 0 amide bonds. The minimum Gasteiger partial charge on any atom is -0.385 e. The first-order valence-corrected chi connectivity index (χ1v) is 5.11. The van der Waals surface area contributed by atoms with Gasteiger partial charge in [0.05, 0.1) is 12.2 Å². The van der Waals surface area contributed by atoms with E-state index in [0.717, 1.165) is 25.9 Å². The monoisotopic (exact) mass is 200 g/mol. The Morgan fingerprint density at radius 1 is 1.50 bits per heavy atom. The molecule has 0 saturated carbocycles. The fraction of sp³-hybridized carbons (Fsp3) is 0.900. The van der Waals surface area contributed by atoms with Gasteiger partial charge >= 0.3 is 0 Å². The molecular weight excluding hydrogens is 184 g/mol. The van der Waals surface area contributed by atoms with Gasteiger partial charge in [-0.3, -0.25) is 0 Å². The molecule has 3 unspecified atom stereocenters. The number of carbonyl (C=O) groups excluding carboxylic acids is 1. The highest BCUT2D eigenvalue weighted by Gasteiger charge is 2.42. The van der Waals surface area contributed by atoms with Crippen LogP contribution in [0.15, 0.2) is 0 Å². The molecule has 0 aromatic heterocycles. The molecule has 2 saturated heterocycles. The van der Waals surface area contributed by atoms with Gasteiger partial charge in [-0.2, -0.15) is 0 Å². The average molecular weight is 200 g/mol. The molecule has 0 aromatic carbocycles. The third kappa shape index (κ3) is 1.82. The van der Waals surface area contributed by atoms with Gasteiger partial charge in [0.25, 0.3) is 0 Å². The number of carbonyl (C=O) groups is 1. The SMILES string of the molecule is O=CC(O)C1CCOC2(CCOC2)C1. The van der Waals surface area contributed by atoms with E-state index >= 15 is 0 Å². The number of hydrogen-bond donors (Lipinski definition) is 1. The standard InChI is InChI=1S/C10H16O4/c11-6-9(12)8-1-3-14-10(5-8)2-4-13-7-10/h6,8-9,12H,1-5,7H2. The van der Waals surface area contributed by atoms with Gasteiger partial charge in [-0.05, 0) is 18.8 Å². The zero-order chi connectivity index (χ0) is 10.0. The zero-order valence-corrected chi connectivity index (χ0v) is 8.15. The van der Waals surface area contributed by atoms with Crippen molar-refractivity contribution in [3.63, 3.8) is 0 Å². The largest absolute Gasteiger partial charge is 0.385 e. The van der Waals surface area contributed by atoms with Crippen LogP contribution in [0.5, 0.6) is 0 Å². The Balaban J connectivity index is 1.99. The van der Waals surface area contributed by atoms with Crippen molar-refractivity contribution in [1.82, 2.24) is 0 Å². The van der Waals surface area contributed by atoms with Crippen LogP contribution < -0.4 is 0 Å². The quantitative estimate of drug-likeness (QED) is 0.644. The van der Waals surface area contributed by atoms with Crippen molar-refractivity contribution in [3.8, 4) is 0 Å². The molecule has 3 atom stereocenters. The molecule has 0 bridgehead atoms. The Hall–Kier alpha value is -0.450. The Morgan fingerprint density at radius 2 is 2.36 bits per heavy atom. The van der Waals surface area contributed by atoms with Crippen LogP contribution in [-0.2, 0) is 14.3 Å². The van der Waals surface area contributed by atoms with Crippen LogP contribution in [-0.4, -0.2) is 42.9 Å². The average Bonchev–Trinajstić information content (AvgIpc) is 2.65. The van der Waals surface area contributed by atoms with Crippen molar-refractivity contribution >= 4 is 6.29 Å². The van der Waals surface area contributed by atoms with E-state index in [1.165, 1.54) is 0 Å². The lowest BCUT2D eigenvalue weighted by Gasteiger charge is -2.37. The second-order valence-electron chi connectivity index (χ2n) is 4.21. The second kappa shape index (κ2) is 3.96. The number of aldehydes is 1. The summed E-state index contributed by atoms with van der Waals surface area (Å²) in [5, 5.41) is 9.46. The van der Waals surface area contributed by atoms with Gasteiger partial charge in [0, 0.05) is 19.6 Å². The summed E-state index contributed by atoms with van der Waals surface area (Å²) in [4.78, 5) is 10.5. The van der Waals surface area contributed by atoms with Gasteiger partial charge in [0.2, 0.25) is 0 Å². The minimum absolute atomic E-state index is 0.0444. The first-order chi connectivity index (χ1) is 6.76. The summed E-state index contributed by atoms with van der Waals surface area (Å²) >= 11 is 0. The van der Waals surface area contributed by atoms with E-state index in [4.69, 9.17) is 9.47 Å². The summed E-state index contributed by atoms with van der Waals surface area (Å²) in [5.41, 5.74) is -0.215. The van der Waals surface area contributed by atoms with Crippen LogP contribution in [0.3, 0.4) is 0 Å². The summed E-state index contributed by atoms with van der Waals surface area (Å²) in [6, 6.07) is 0. The van der Waals surface area contributed by atoms with Crippen LogP contribution in [0.1, 0.15) is 19.3 Å². The van der Waals surface area contributed by atoms with Gasteiger partial charge in [-0.15, -0.1) is 0 Å². The third-order valence-corrected chi connectivity index (χ3v) is 3.22. The van der Waals surface area contributed by atoms with E-state index < -0.39 is 6.10 Å². The zero-order valence-electron chi connectivity index (χ0n) is 8.15.